The zero-order chi connectivity index (χ0) is 22.2. The Bertz CT molecular complexity index is 1260. The van der Waals surface area contributed by atoms with Gasteiger partial charge in [-0.1, -0.05) is 35.9 Å². The summed E-state index contributed by atoms with van der Waals surface area (Å²) in [6.45, 7) is 0. The van der Waals surface area contributed by atoms with E-state index in [1.807, 2.05) is 18.2 Å². The average molecular weight is 449 g/mol. The van der Waals surface area contributed by atoms with Gasteiger partial charge in [-0.05, 0) is 36.6 Å². The summed E-state index contributed by atoms with van der Waals surface area (Å²) >= 11 is 6.52. The van der Waals surface area contributed by atoms with Gasteiger partial charge in [0, 0.05) is 34.5 Å². The van der Waals surface area contributed by atoms with Crippen LogP contribution in [0.25, 0.3) is 0 Å². The lowest BCUT2D eigenvalue weighted by Crippen LogP contribution is -2.32. The van der Waals surface area contributed by atoms with Crippen molar-refractivity contribution in [1.82, 2.24) is 9.78 Å². The number of fused-ring (bicyclic) bond motifs is 1. The first-order valence-corrected chi connectivity index (χ1v) is 10.7. The highest BCUT2D eigenvalue weighted by Gasteiger charge is 2.38. The standard InChI is InChI=1S/C24H21ClN4O3/c1-32-15-7-4-6-14(12-15)27-24(31)17-13-26-29-22(16-8-2-3-9-18(16)25)21-19(28-23(17)29)10-5-11-20(21)30/h2-4,6-9,12-13,22,28H,5,10-11H2,1H3,(H,27,31)/t22-/m1/s1. The third-order valence-corrected chi connectivity index (χ3v) is 6.16. The molecule has 2 N–H and O–H groups in total. The number of hydrogen-bond acceptors (Lipinski definition) is 5. The van der Waals surface area contributed by atoms with Gasteiger partial charge in [-0.2, -0.15) is 5.10 Å². The molecule has 1 atom stereocenters. The third-order valence-electron chi connectivity index (χ3n) is 5.81. The Morgan fingerprint density at radius 1 is 1.22 bits per heavy atom. The molecule has 1 amide bonds. The van der Waals surface area contributed by atoms with E-state index < -0.39 is 6.04 Å². The van der Waals surface area contributed by atoms with Gasteiger partial charge in [0.2, 0.25) is 0 Å². The molecule has 1 aromatic heterocycles. The van der Waals surface area contributed by atoms with Crippen LogP contribution in [0.2, 0.25) is 5.02 Å². The second kappa shape index (κ2) is 8.16. The largest absolute Gasteiger partial charge is 0.497 e. The van der Waals surface area contributed by atoms with E-state index in [9.17, 15) is 9.59 Å². The molecule has 1 aliphatic heterocycles. The quantitative estimate of drug-likeness (QED) is 0.597. The van der Waals surface area contributed by atoms with Crippen molar-refractivity contribution in [3.63, 3.8) is 0 Å². The fourth-order valence-corrected chi connectivity index (χ4v) is 4.55. The Balaban J connectivity index is 1.57. The van der Waals surface area contributed by atoms with E-state index >= 15 is 0 Å². The van der Waals surface area contributed by atoms with Crippen LogP contribution in [0.15, 0.2) is 66.0 Å². The highest BCUT2D eigenvalue weighted by atomic mass is 35.5. The van der Waals surface area contributed by atoms with E-state index in [-0.39, 0.29) is 11.7 Å². The number of halogens is 1. The number of nitrogens with zero attached hydrogens (tertiary/aromatic N) is 2. The zero-order valence-corrected chi connectivity index (χ0v) is 18.1. The van der Waals surface area contributed by atoms with E-state index in [2.05, 4.69) is 15.7 Å². The normalized spacial score (nSPS) is 17.3. The summed E-state index contributed by atoms with van der Waals surface area (Å²) in [4.78, 5) is 26.0. The summed E-state index contributed by atoms with van der Waals surface area (Å²) in [6, 6.07) is 14.1. The SMILES string of the molecule is COc1cccc(NC(=O)c2cnn3c2NC2=C(C(=O)CCC2)[C@H]3c2ccccc2Cl)c1. The number of nitrogens with one attached hydrogen (secondary N) is 2. The van der Waals surface area contributed by atoms with Gasteiger partial charge in [0.05, 0.1) is 13.3 Å². The average Bonchev–Trinajstić information content (AvgIpc) is 3.22. The minimum atomic E-state index is -0.485. The molecule has 5 rings (SSSR count). The van der Waals surface area contributed by atoms with Crippen LogP contribution in [0.5, 0.6) is 5.75 Å². The number of carbonyl (C=O) groups is 2. The van der Waals surface area contributed by atoms with E-state index in [0.29, 0.717) is 39.8 Å². The smallest absolute Gasteiger partial charge is 0.261 e. The second-order valence-electron chi connectivity index (χ2n) is 7.76. The molecule has 1 aliphatic carbocycles. The lowest BCUT2D eigenvalue weighted by Gasteiger charge is -2.33. The monoisotopic (exact) mass is 448 g/mol. The van der Waals surface area contributed by atoms with Crippen molar-refractivity contribution in [3.8, 4) is 5.75 Å². The Hall–Kier alpha value is -3.58. The maximum Gasteiger partial charge on any atom is 0.261 e. The number of carbonyl (C=O) groups excluding carboxylic acids is 2. The Kier molecular flexibility index (Phi) is 5.19. The number of ether oxygens (including phenoxy) is 1. The molecule has 0 saturated heterocycles. The van der Waals surface area contributed by atoms with E-state index in [0.717, 1.165) is 24.1 Å². The Morgan fingerprint density at radius 3 is 2.88 bits per heavy atom. The number of allylic oxidation sites excluding steroid dienone is 2. The zero-order valence-electron chi connectivity index (χ0n) is 17.4. The molecule has 0 bridgehead atoms. The molecule has 2 aromatic carbocycles. The summed E-state index contributed by atoms with van der Waals surface area (Å²) in [5, 5.41) is 11.3. The molecule has 0 unspecified atom stereocenters. The number of anilines is 2. The molecule has 0 radical (unpaired) electrons. The molecule has 8 heteroatoms. The van der Waals surface area contributed by atoms with Crippen molar-refractivity contribution in [3.05, 3.63) is 82.1 Å². The van der Waals surface area contributed by atoms with Gasteiger partial charge in [-0.15, -0.1) is 0 Å². The highest BCUT2D eigenvalue weighted by Crippen LogP contribution is 2.43. The number of methoxy groups -OCH3 is 1. The predicted octanol–water partition coefficient (Wildman–Crippen LogP) is 4.82. The topological polar surface area (TPSA) is 85.2 Å². The van der Waals surface area contributed by atoms with Gasteiger partial charge < -0.3 is 15.4 Å². The molecule has 0 fully saturated rings. The minimum Gasteiger partial charge on any atom is -0.497 e. The minimum absolute atomic E-state index is 0.0761. The first-order valence-electron chi connectivity index (χ1n) is 10.4. The molecule has 3 aromatic rings. The number of aromatic nitrogens is 2. The molecule has 7 nitrogen and oxygen atoms in total. The van der Waals surface area contributed by atoms with Gasteiger partial charge in [-0.25, -0.2) is 4.68 Å². The summed E-state index contributed by atoms with van der Waals surface area (Å²) in [5.41, 5.74) is 3.27. The molecule has 0 spiro atoms. The van der Waals surface area contributed by atoms with E-state index in [1.54, 1.807) is 42.1 Å². The van der Waals surface area contributed by atoms with Crippen LogP contribution in [0.1, 0.15) is 41.2 Å². The molecule has 162 valence electrons. The van der Waals surface area contributed by atoms with Crippen molar-refractivity contribution in [1.29, 1.82) is 0 Å². The van der Waals surface area contributed by atoms with Gasteiger partial charge in [0.15, 0.2) is 5.78 Å². The van der Waals surface area contributed by atoms with Crippen LogP contribution in [-0.2, 0) is 4.79 Å². The van der Waals surface area contributed by atoms with Gasteiger partial charge in [0.25, 0.3) is 5.91 Å². The first kappa shape index (κ1) is 20.3. The summed E-state index contributed by atoms with van der Waals surface area (Å²) in [7, 11) is 1.57. The number of ketones is 1. The second-order valence-corrected chi connectivity index (χ2v) is 8.16. The maximum atomic E-state index is 13.1. The van der Waals surface area contributed by atoms with Gasteiger partial charge >= 0.3 is 0 Å². The van der Waals surface area contributed by atoms with Crippen LogP contribution in [0.4, 0.5) is 11.5 Å². The van der Waals surface area contributed by atoms with Crippen molar-refractivity contribution >= 4 is 34.8 Å². The molecule has 32 heavy (non-hydrogen) atoms. The molecule has 0 saturated carbocycles. The van der Waals surface area contributed by atoms with Gasteiger partial charge in [0.1, 0.15) is 23.2 Å². The Morgan fingerprint density at radius 2 is 2.06 bits per heavy atom. The highest BCUT2D eigenvalue weighted by molar-refractivity contribution is 6.31. The van der Waals surface area contributed by atoms with E-state index in [1.165, 1.54) is 6.20 Å². The number of amides is 1. The number of rotatable bonds is 4. The molecule has 2 aliphatic rings. The fraction of sp³-hybridized carbons (Fsp3) is 0.208. The van der Waals surface area contributed by atoms with Crippen molar-refractivity contribution in [2.24, 2.45) is 0 Å². The van der Waals surface area contributed by atoms with Crippen LogP contribution in [0, 0.1) is 0 Å². The van der Waals surface area contributed by atoms with Crippen LogP contribution in [-0.4, -0.2) is 28.6 Å². The number of hydrogen-bond donors (Lipinski definition) is 2. The summed E-state index contributed by atoms with van der Waals surface area (Å²) in [6.07, 6.45) is 3.50. The fourth-order valence-electron chi connectivity index (χ4n) is 4.31. The van der Waals surface area contributed by atoms with Gasteiger partial charge in [-0.3, -0.25) is 9.59 Å². The first-order chi connectivity index (χ1) is 15.6. The van der Waals surface area contributed by atoms with Crippen molar-refractivity contribution in [2.45, 2.75) is 25.3 Å². The van der Waals surface area contributed by atoms with Crippen LogP contribution < -0.4 is 15.4 Å². The van der Waals surface area contributed by atoms with Crippen molar-refractivity contribution < 1.29 is 14.3 Å². The van der Waals surface area contributed by atoms with Crippen LogP contribution >= 0.6 is 11.6 Å². The lowest BCUT2D eigenvalue weighted by atomic mass is 9.85. The third kappa shape index (κ3) is 3.44. The van der Waals surface area contributed by atoms with Crippen molar-refractivity contribution in [2.75, 3.05) is 17.7 Å². The van der Waals surface area contributed by atoms with E-state index in [4.69, 9.17) is 16.3 Å². The number of benzene rings is 2. The molecular formula is C24H21ClN4O3. The number of Topliss-reactive ketones (excluding diaryl/α,β-unsaturated/α-hetero) is 1. The summed E-state index contributed by atoms with van der Waals surface area (Å²) in [5.74, 6) is 0.958. The summed E-state index contributed by atoms with van der Waals surface area (Å²) < 4.78 is 6.91. The van der Waals surface area contributed by atoms with Crippen LogP contribution in [0.3, 0.4) is 0 Å². The predicted molar refractivity (Wildman–Crippen MR) is 122 cm³/mol. The molecular weight excluding hydrogens is 428 g/mol. The molecule has 2 heterocycles. The lowest BCUT2D eigenvalue weighted by molar-refractivity contribution is -0.116. The maximum absolute atomic E-state index is 13.1. The Labute approximate surface area is 190 Å².